The van der Waals surface area contributed by atoms with Crippen molar-refractivity contribution in [1.82, 2.24) is 4.90 Å². The second-order valence-corrected chi connectivity index (χ2v) is 7.18. The van der Waals surface area contributed by atoms with E-state index in [-0.39, 0.29) is 12.5 Å². The van der Waals surface area contributed by atoms with E-state index in [4.69, 9.17) is 4.74 Å². The summed E-state index contributed by atoms with van der Waals surface area (Å²) in [5.74, 6) is -0.806. The maximum absolute atomic E-state index is 12.2. The normalized spacial score (nSPS) is 17.6. The van der Waals surface area contributed by atoms with Gasteiger partial charge < -0.3 is 14.7 Å². The van der Waals surface area contributed by atoms with E-state index in [2.05, 4.69) is 0 Å². The topological polar surface area (TPSA) is 66.8 Å². The lowest BCUT2D eigenvalue weighted by atomic mass is 9.70. The number of likely N-dealkylation sites (tertiary alicyclic amines) is 1. The van der Waals surface area contributed by atoms with E-state index in [0.29, 0.717) is 25.9 Å². The van der Waals surface area contributed by atoms with Crippen molar-refractivity contribution in [1.29, 1.82) is 0 Å². The number of nitrogens with zero attached hydrogens (tertiary/aromatic N) is 1. The number of benzene rings is 1. The van der Waals surface area contributed by atoms with Crippen molar-refractivity contribution in [3.05, 3.63) is 35.9 Å². The number of carboxylic acid groups (broad SMARTS) is 1. The fraction of sp³-hybridized carbons (Fsp3) is 0.556. The molecule has 0 aliphatic carbocycles. The second-order valence-electron chi connectivity index (χ2n) is 7.18. The van der Waals surface area contributed by atoms with E-state index in [1.165, 1.54) is 0 Å². The molecule has 5 heteroatoms. The quantitative estimate of drug-likeness (QED) is 0.927. The molecule has 2 rings (SSSR count). The van der Waals surface area contributed by atoms with Crippen LogP contribution in [0.3, 0.4) is 0 Å². The van der Waals surface area contributed by atoms with Gasteiger partial charge in [-0.15, -0.1) is 0 Å². The Morgan fingerprint density at radius 2 is 1.74 bits per heavy atom. The Balaban J connectivity index is 2.11. The summed E-state index contributed by atoms with van der Waals surface area (Å²) >= 11 is 0. The van der Waals surface area contributed by atoms with Crippen LogP contribution in [-0.2, 0) is 14.9 Å². The number of carboxylic acids is 1. The van der Waals surface area contributed by atoms with Crippen molar-refractivity contribution in [3.63, 3.8) is 0 Å². The zero-order valence-electron chi connectivity index (χ0n) is 14.0. The highest BCUT2D eigenvalue weighted by atomic mass is 16.6. The van der Waals surface area contributed by atoms with Gasteiger partial charge in [-0.3, -0.25) is 4.79 Å². The standard InChI is InChI=1S/C18H25NO4/c1-17(2,3)23-16(22)19-11-9-18(10-12-19,13-15(20)21)14-7-5-4-6-8-14/h4-8H,9-13H2,1-3H3,(H,20,21). The number of amides is 1. The SMILES string of the molecule is CC(C)(C)OC(=O)N1CCC(CC(=O)O)(c2ccccc2)CC1. The van der Waals surface area contributed by atoms with Crippen LogP contribution in [0, 0.1) is 0 Å². The maximum Gasteiger partial charge on any atom is 0.410 e. The number of carbonyl (C=O) groups excluding carboxylic acids is 1. The number of hydrogen-bond acceptors (Lipinski definition) is 3. The Labute approximate surface area is 137 Å². The predicted octanol–water partition coefficient (Wildman–Crippen LogP) is 3.43. The predicted molar refractivity (Wildman–Crippen MR) is 87.4 cm³/mol. The minimum atomic E-state index is -0.806. The van der Waals surface area contributed by atoms with E-state index in [0.717, 1.165) is 5.56 Å². The van der Waals surface area contributed by atoms with E-state index in [1.54, 1.807) is 4.90 Å². The first-order valence-corrected chi connectivity index (χ1v) is 7.97. The molecule has 1 N–H and O–H groups in total. The van der Waals surface area contributed by atoms with E-state index >= 15 is 0 Å². The summed E-state index contributed by atoms with van der Waals surface area (Å²) in [6, 6.07) is 9.74. The van der Waals surface area contributed by atoms with Crippen LogP contribution in [0.1, 0.15) is 45.6 Å². The third kappa shape index (κ3) is 4.47. The Kier molecular flexibility index (Phi) is 4.97. The highest BCUT2D eigenvalue weighted by Crippen LogP contribution is 2.39. The first kappa shape index (κ1) is 17.3. The monoisotopic (exact) mass is 319 g/mol. The van der Waals surface area contributed by atoms with Gasteiger partial charge in [-0.2, -0.15) is 0 Å². The summed E-state index contributed by atoms with van der Waals surface area (Å²) in [5.41, 5.74) is 0.101. The number of rotatable bonds is 3. The molecule has 0 atom stereocenters. The van der Waals surface area contributed by atoms with Crippen molar-refractivity contribution in [2.24, 2.45) is 0 Å². The molecule has 0 saturated carbocycles. The molecule has 1 aromatic carbocycles. The molecule has 0 unspecified atom stereocenters. The van der Waals surface area contributed by atoms with Crippen LogP contribution in [-0.4, -0.2) is 40.8 Å². The maximum atomic E-state index is 12.2. The average Bonchev–Trinajstić information content (AvgIpc) is 2.46. The molecule has 1 aliphatic rings. The molecule has 1 fully saturated rings. The average molecular weight is 319 g/mol. The first-order valence-electron chi connectivity index (χ1n) is 7.97. The summed E-state index contributed by atoms with van der Waals surface area (Å²) < 4.78 is 5.40. The fourth-order valence-corrected chi connectivity index (χ4v) is 3.09. The summed E-state index contributed by atoms with van der Waals surface area (Å²) in [6.07, 6.45) is 1.01. The minimum Gasteiger partial charge on any atom is -0.481 e. The molecule has 1 heterocycles. The van der Waals surface area contributed by atoms with Gasteiger partial charge in [0.25, 0.3) is 0 Å². The number of aliphatic carboxylic acids is 1. The van der Waals surface area contributed by atoms with Gasteiger partial charge in [-0.05, 0) is 39.2 Å². The van der Waals surface area contributed by atoms with E-state index < -0.39 is 17.0 Å². The number of ether oxygens (including phenoxy) is 1. The molecule has 126 valence electrons. The minimum absolute atomic E-state index is 0.0825. The number of hydrogen-bond donors (Lipinski definition) is 1. The van der Waals surface area contributed by atoms with Crippen LogP contribution in [0.4, 0.5) is 4.79 Å². The molecule has 23 heavy (non-hydrogen) atoms. The largest absolute Gasteiger partial charge is 0.481 e. The number of piperidine rings is 1. The third-order valence-electron chi connectivity index (χ3n) is 4.25. The smallest absolute Gasteiger partial charge is 0.410 e. The summed E-state index contributed by atoms with van der Waals surface area (Å²) in [6.45, 7) is 6.54. The Morgan fingerprint density at radius 3 is 2.22 bits per heavy atom. The van der Waals surface area contributed by atoms with Crippen molar-refractivity contribution in [3.8, 4) is 0 Å². The Morgan fingerprint density at radius 1 is 1.17 bits per heavy atom. The highest BCUT2D eigenvalue weighted by molar-refractivity contribution is 5.70. The lowest BCUT2D eigenvalue weighted by Gasteiger charge is -2.41. The molecular formula is C18H25NO4. The summed E-state index contributed by atoms with van der Waals surface area (Å²) in [7, 11) is 0. The van der Waals surface area contributed by atoms with E-state index in [9.17, 15) is 14.7 Å². The molecule has 1 aliphatic heterocycles. The fourth-order valence-electron chi connectivity index (χ4n) is 3.09. The van der Waals surface area contributed by atoms with Crippen molar-refractivity contribution >= 4 is 12.1 Å². The zero-order chi connectivity index (χ0) is 17.1. The van der Waals surface area contributed by atoms with Crippen LogP contribution < -0.4 is 0 Å². The Hall–Kier alpha value is -2.04. The lowest BCUT2D eigenvalue weighted by Crippen LogP contribution is -2.47. The number of carbonyl (C=O) groups is 2. The van der Waals surface area contributed by atoms with Crippen LogP contribution in [0.2, 0.25) is 0 Å². The van der Waals surface area contributed by atoms with Crippen LogP contribution >= 0.6 is 0 Å². The molecular weight excluding hydrogens is 294 g/mol. The lowest BCUT2D eigenvalue weighted by molar-refractivity contribution is -0.139. The third-order valence-corrected chi connectivity index (χ3v) is 4.25. The molecule has 0 bridgehead atoms. The van der Waals surface area contributed by atoms with Crippen LogP contribution in [0.15, 0.2) is 30.3 Å². The van der Waals surface area contributed by atoms with Crippen LogP contribution in [0.25, 0.3) is 0 Å². The zero-order valence-corrected chi connectivity index (χ0v) is 14.0. The molecule has 5 nitrogen and oxygen atoms in total. The molecule has 1 saturated heterocycles. The van der Waals surface area contributed by atoms with Crippen molar-refractivity contribution in [2.45, 2.75) is 51.0 Å². The van der Waals surface area contributed by atoms with Crippen molar-refractivity contribution < 1.29 is 19.4 Å². The highest BCUT2D eigenvalue weighted by Gasteiger charge is 2.40. The van der Waals surface area contributed by atoms with Crippen molar-refractivity contribution in [2.75, 3.05) is 13.1 Å². The van der Waals surface area contributed by atoms with Gasteiger partial charge in [0, 0.05) is 18.5 Å². The van der Waals surface area contributed by atoms with E-state index in [1.807, 2.05) is 51.1 Å². The van der Waals surface area contributed by atoms with Gasteiger partial charge in [0.2, 0.25) is 0 Å². The molecule has 0 aromatic heterocycles. The van der Waals surface area contributed by atoms with Gasteiger partial charge in [-0.1, -0.05) is 30.3 Å². The van der Waals surface area contributed by atoms with Crippen LogP contribution in [0.5, 0.6) is 0 Å². The van der Waals surface area contributed by atoms with Gasteiger partial charge >= 0.3 is 12.1 Å². The molecule has 0 spiro atoms. The van der Waals surface area contributed by atoms with Gasteiger partial charge in [-0.25, -0.2) is 4.79 Å². The van der Waals surface area contributed by atoms with Gasteiger partial charge in [0.15, 0.2) is 0 Å². The van der Waals surface area contributed by atoms with Gasteiger partial charge in [0.1, 0.15) is 5.60 Å². The Bertz CT molecular complexity index is 554. The molecule has 1 aromatic rings. The molecule has 0 radical (unpaired) electrons. The summed E-state index contributed by atoms with van der Waals surface area (Å²) in [5, 5.41) is 9.31. The molecule has 1 amide bonds. The van der Waals surface area contributed by atoms with Gasteiger partial charge in [0.05, 0.1) is 6.42 Å². The second kappa shape index (κ2) is 6.60. The summed E-state index contributed by atoms with van der Waals surface area (Å²) in [4.78, 5) is 25.2. The first-order chi connectivity index (χ1) is 10.7.